The van der Waals surface area contributed by atoms with Gasteiger partial charge < -0.3 is 15.8 Å². The molecule has 0 aromatic rings. The second kappa shape index (κ2) is 8.63. The summed E-state index contributed by atoms with van der Waals surface area (Å²) in [6.45, 7) is 7.68. The van der Waals surface area contributed by atoms with Crippen LogP contribution < -0.4 is 11.1 Å². The van der Waals surface area contributed by atoms with Crippen molar-refractivity contribution in [2.45, 2.75) is 77.3 Å². The van der Waals surface area contributed by atoms with Crippen LogP contribution in [-0.4, -0.2) is 30.7 Å². The fourth-order valence-electron chi connectivity index (χ4n) is 3.01. The number of nitrogens with two attached hydrogens (primary N) is 1. The Balaban J connectivity index is 2.12. The number of primary amides is 1. The van der Waals surface area contributed by atoms with Gasteiger partial charge in [-0.05, 0) is 58.8 Å². The summed E-state index contributed by atoms with van der Waals surface area (Å²) in [4.78, 5) is 11.6. The highest BCUT2D eigenvalue weighted by Gasteiger charge is 2.30. The molecule has 0 heterocycles. The van der Waals surface area contributed by atoms with Gasteiger partial charge in [0.2, 0.25) is 5.91 Å². The molecule has 1 amide bonds. The number of rotatable bonds is 10. The van der Waals surface area contributed by atoms with Crippen molar-refractivity contribution < 1.29 is 9.53 Å². The monoisotopic (exact) mass is 284 g/mol. The van der Waals surface area contributed by atoms with Gasteiger partial charge in [0.05, 0.1) is 5.54 Å². The lowest BCUT2D eigenvalue weighted by Crippen LogP contribution is -2.55. The third-order valence-corrected chi connectivity index (χ3v) is 4.19. The molecule has 4 heteroatoms. The molecule has 1 aliphatic carbocycles. The van der Waals surface area contributed by atoms with Crippen LogP contribution in [0.1, 0.15) is 65.7 Å². The third kappa shape index (κ3) is 6.23. The van der Waals surface area contributed by atoms with E-state index >= 15 is 0 Å². The van der Waals surface area contributed by atoms with E-state index in [0.717, 1.165) is 38.4 Å². The molecule has 4 nitrogen and oxygen atoms in total. The van der Waals surface area contributed by atoms with E-state index in [9.17, 15) is 4.79 Å². The van der Waals surface area contributed by atoms with Crippen LogP contribution in [0.5, 0.6) is 0 Å². The maximum Gasteiger partial charge on any atom is 0.237 e. The Bertz CT molecular complexity index is 288. The summed E-state index contributed by atoms with van der Waals surface area (Å²) in [6, 6.07) is 0.256. The molecule has 3 N–H and O–H groups in total. The molecule has 1 atom stereocenters. The molecule has 1 saturated carbocycles. The van der Waals surface area contributed by atoms with Crippen LogP contribution >= 0.6 is 0 Å². The minimum absolute atomic E-state index is 0.256. The van der Waals surface area contributed by atoms with Gasteiger partial charge in [0.25, 0.3) is 0 Å². The quantitative estimate of drug-likeness (QED) is 0.606. The van der Waals surface area contributed by atoms with Crippen molar-refractivity contribution in [3.05, 3.63) is 0 Å². The summed E-state index contributed by atoms with van der Waals surface area (Å²) in [5.74, 6) is 0.520. The molecule has 1 unspecified atom stereocenters. The number of hydrogen-bond donors (Lipinski definition) is 2. The van der Waals surface area contributed by atoms with E-state index in [1.807, 2.05) is 20.8 Å². The van der Waals surface area contributed by atoms with Crippen LogP contribution in [0.3, 0.4) is 0 Å². The molecule has 0 radical (unpaired) electrons. The maximum absolute atomic E-state index is 11.6. The van der Waals surface area contributed by atoms with Crippen LogP contribution in [0.15, 0.2) is 0 Å². The van der Waals surface area contributed by atoms with Crippen LogP contribution in [0.25, 0.3) is 0 Å². The first-order chi connectivity index (χ1) is 9.44. The van der Waals surface area contributed by atoms with E-state index in [-0.39, 0.29) is 11.9 Å². The predicted octanol–water partition coefficient (Wildman–Crippen LogP) is 2.61. The second-order valence-corrected chi connectivity index (χ2v) is 6.68. The molecule has 1 aliphatic rings. The Morgan fingerprint density at radius 1 is 1.35 bits per heavy atom. The summed E-state index contributed by atoms with van der Waals surface area (Å²) >= 11 is 0. The van der Waals surface area contributed by atoms with Crippen LogP contribution in [-0.2, 0) is 9.53 Å². The smallest absolute Gasteiger partial charge is 0.237 e. The normalized spacial score (nSPS) is 19.4. The van der Waals surface area contributed by atoms with Gasteiger partial charge in [-0.15, -0.1) is 0 Å². The third-order valence-electron chi connectivity index (χ3n) is 4.19. The largest absolute Gasteiger partial charge is 0.381 e. The van der Waals surface area contributed by atoms with Gasteiger partial charge in [0.15, 0.2) is 0 Å². The van der Waals surface area contributed by atoms with Gasteiger partial charge in [0.1, 0.15) is 0 Å². The first-order valence-electron chi connectivity index (χ1n) is 8.09. The lowest BCUT2D eigenvalue weighted by atomic mass is 9.93. The summed E-state index contributed by atoms with van der Waals surface area (Å²) in [7, 11) is 0. The molecule has 1 fully saturated rings. The Hall–Kier alpha value is -0.610. The minimum Gasteiger partial charge on any atom is -0.381 e. The number of ether oxygens (including phenoxy) is 1. The lowest BCUT2D eigenvalue weighted by Gasteiger charge is -2.29. The Morgan fingerprint density at radius 2 is 2.00 bits per heavy atom. The minimum atomic E-state index is -0.598. The van der Waals surface area contributed by atoms with Crippen LogP contribution in [0.2, 0.25) is 0 Å². The Labute approximate surface area is 123 Å². The molecule has 0 spiro atoms. The number of unbranched alkanes of at least 4 members (excludes halogenated alkanes) is 1. The van der Waals surface area contributed by atoms with Crippen molar-refractivity contribution in [3.63, 3.8) is 0 Å². The van der Waals surface area contributed by atoms with E-state index in [0.29, 0.717) is 0 Å². The Morgan fingerprint density at radius 3 is 2.55 bits per heavy atom. The van der Waals surface area contributed by atoms with Gasteiger partial charge in [-0.1, -0.05) is 12.8 Å². The topological polar surface area (TPSA) is 64.3 Å². The van der Waals surface area contributed by atoms with Crippen molar-refractivity contribution >= 4 is 5.91 Å². The van der Waals surface area contributed by atoms with Crippen LogP contribution in [0, 0.1) is 5.92 Å². The average Bonchev–Trinajstić information content (AvgIpc) is 2.85. The summed E-state index contributed by atoms with van der Waals surface area (Å²) < 4.78 is 5.74. The molecular formula is C16H32N2O2. The molecule has 0 saturated heterocycles. The zero-order valence-electron chi connectivity index (χ0n) is 13.4. The number of nitrogens with one attached hydrogen (secondary N) is 1. The van der Waals surface area contributed by atoms with Gasteiger partial charge in [-0.2, -0.15) is 0 Å². The number of amides is 1. The first-order valence-corrected chi connectivity index (χ1v) is 8.09. The highest BCUT2D eigenvalue weighted by atomic mass is 16.5. The van der Waals surface area contributed by atoms with Crippen LogP contribution in [0.4, 0.5) is 0 Å². The fourth-order valence-corrected chi connectivity index (χ4v) is 3.01. The molecule has 1 rings (SSSR count). The summed E-state index contributed by atoms with van der Waals surface area (Å²) in [6.07, 6.45) is 8.13. The van der Waals surface area contributed by atoms with Gasteiger partial charge in [-0.3, -0.25) is 4.79 Å². The predicted molar refractivity (Wildman–Crippen MR) is 82.5 cm³/mol. The number of carbonyl (C=O) groups excluding carboxylic acids is 1. The van der Waals surface area contributed by atoms with Crippen molar-refractivity contribution in [2.75, 3.05) is 13.2 Å². The molecule has 0 aromatic carbocycles. The second-order valence-electron chi connectivity index (χ2n) is 6.68. The van der Waals surface area contributed by atoms with Gasteiger partial charge in [0, 0.05) is 19.3 Å². The van der Waals surface area contributed by atoms with Crippen molar-refractivity contribution in [2.24, 2.45) is 11.7 Å². The molecule has 0 aliphatic heterocycles. The average molecular weight is 284 g/mol. The van der Waals surface area contributed by atoms with E-state index in [1.165, 1.54) is 25.7 Å². The van der Waals surface area contributed by atoms with E-state index in [4.69, 9.17) is 10.5 Å². The number of hydrogen-bond acceptors (Lipinski definition) is 3. The maximum atomic E-state index is 11.6. The lowest BCUT2D eigenvalue weighted by molar-refractivity contribution is -0.124. The summed E-state index contributed by atoms with van der Waals surface area (Å²) in [5.41, 5.74) is 4.91. The number of carbonyl (C=O) groups is 1. The molecular weight excluding hydrogens is 252 g/mol. The van der Waals surface area contributed by atoms with Crippen molar-refractivity contribution in [1.82, 2.24) is 5.32 Å². The van der Waals surface area contributed by atoms with E-state index in [1.54, 1.807) is 0 Å². The molecule has 0 bridgehead atoms. The van der Waals surface area contributed by atoms with Gasteiger partial charge in [-0.25, -0.2) is 0 Å². The zero-order chi connectivity index (χ0) is 15.0. The van der Waals surface area contributed by atoms with Crippen molar-refractivity contribution in [3.8, 4) is 0 Å². The SMILES string of the molecule is CC(C)NC(C)(CCCCOCC1CCCC1)C(N)=O. The van der Waals surface area contributed by atoms with Crippen molar-refractivity contribution in [1.29, 1.82) is 0 Å². The van der Waals surface area contributed by atoms with E-state index in [2.05, 4.69) is 5.32 Å². The van der Waals surface area contributed by atoms with Gasteiger partial charge >= 0.3 is 0 Å². The highest BCUT2D eigenvalue weighted by molar-refractivity contribution is 5.84. The summed E-state index contributed by atoms with van der Waals surface area (Å²) in [5, 5.41) is 3.28. The first kappa shape index (κ1) is 17.4. The molecule has 118 valence electrons. The fraction of sp³-hybridized carbons (Fsp3) is 0.938. The standard InChI is InChI=1S/C16H32N2O2/c1-13(2)18-16(3,15(17)19)10-6-7-11-20-12-14-8-4-5-9-14/h13-14,18H,4-12H2,1-3H3,(H2,17,19). The molecule has 0 aromatic heterocycles. The highest BCUT2D eigenvalue weighted by Crippen LogP contribution is 2.24. The zero-order valence-corrected chi connectivity index (χ0v) is 13.4. The molecule has 20 heavy (non-hydrogen) atoms. The Kier molecular flexibility index (Phi) is 7.52. The van der Waals surface area contributed by atoms with E-state index < -0.39 is 5.54 Å².